The number of nitrogens with two attached hydrogens (primary N) is 1. The van der Waals surface area contributed by atoms with E-state index in [2.05, 4.69) is 9.97 Å². The van der Waals surface area contributed by atoms with Gasteiger partial charge in [-0.2, -0.15) is 11.8 Å². The predicted octanol–water partition coefficient (Wildman–Crippen LogP) is 3.78. The number of rotatable bonds is 1. The second-order valence-electron chi connectivity index (χ2n) is 3.95. The highest BCUT2D eigenvalue weighted by Crippen LogP contribution is 2.36. The Morgan fingerprint density at radius 2 is 2.00 bits per heavy atom. The van der Waals surface area contributed by atoms with Crippen LogP contribution in [0.1, 0.15) is 11.3 Å². The number of nitrogens with zero attached hydrogens (tertiary/aromatic N) is 2. The molecule has 1 aromatic heterocycles. The molecule has 0 atom stereocenters. The lowest BCUT2D eigenvalue weighted by molar-refractivity contribution is 1.08. The summed E-state index contributed by atoms with van der Waals surface area (Å²) < 4.78 is 0. The second-order valence-corrected chi connectivity index (χ2v) is 5.72. The fourth-order valence-corrected chi connectivity index (χ4v) is 3.31. The van der Waals surface area contributed by atoms with Crippen LogP contribution in [0.25, 0.3) is 11.4 Å². The van der Waals surface area contributed by atoms with Crippen LogP contribution >= 0.6 is 35.0 Å². The first-order chi connectivity index (χ1) is 8.66. The summed E-state index contributed by atoms with van der Waals surface area (Å²) in [7, 11) is 0. The summed E-state index contributed by atoms with van der Waals surface area (Å²) in [6, 6.07) is 5.41. The maximum absolute atomic E-state index is 6.17. The molecule has 0 spiro atoms. The van der Waals surface area contributed by atoms with Crippen molar-refractivity contribution in [2.75, 3.05) is 5.73 Å². The van der Waals surface area contributed by atoms with Gasteiger partial charge < -0.3 is 5.73 Å². The molecule has 2 aromatic rings. The third-order valence-corrected chi connectivity index (χ3v) is 4.59. The van der Waals surface area contributed by atoms with Crippen molar-refractivity contribution in [1.29, 1.82) is 0 Å². The van der Waals surface area contributed by atoms with Crippen molar-refractivity contribution < 1.29 is 0 Å². The SMILES string of the molecule is Nc1nc(-c2cccc(Cl)c2Cl)nc2c1CSC2. The third-order valence-electron chi connectivity index (χ3n) is 2.80. The molecule has 3 nitrogen and oxygen atoms in total. The molecule has 2 heterocycles. The summed E-state index contributed by atoms with van der Waals surface area (Å²) in [6.07, 6.45) is 0. The Kier molecular flexibility index (Phi) is 3.09. The van der Waals surface area contributed by atoms with E-state index in [1.807, 2.05) is 12.1 Å². The van der Waals surface area contributed by atoms with E-state index in [1.165, 1.54) is 0 Å². The molecule has 0 saturated heterocycles. The average Bonchev–Trinajstić information content (AvgIpc) is 2.81. The molecule has 92 valence electrons. The molecule has 2 N–H and O–H groups in total. The van der Waals surface area contributed by atoms with Gasteiger partial charge in [-0.15, -0.1) is 0 Å². The summed E-state index contributed by atoms with van der Waals surface area (Å²) in [5.74, 6) is 2.83. The summed E-state index contributed by atoms with van der Waals surface area (Å²) in [5.41, 5.74) is 8.72. The van der Waals surface area contributed by atoms with E-state index < -0.39 is 0 Å². The largest absolute Gasteiger partial charge is 0.383 e. The van der Waals surface area contributed by atoms with Gasteiger partial charge >= 0.3 is 0 Å². The summed E-state index contributed by atoms with van der Waals surface area (Å²) >= 11 is 14.0. The number of fused-ring (bicyclic) bond motifs is 1. The zero-order chi connectivity index (χ0) is 12.7. The van der Waals surface area contributed by atoms with Gasteiger partial charge in [0.2, 0.25) is 0 Å². The van der Waals surface area contributed by atoms with Gasteiger partial charge in [0.25, 0.3) is 0 Å². The fraction of sp³-hybridized carbons (Fsp3) is 0.167. The van der Waals surface area contributed by atoms with Crippen molar-refractivity contribution >= 4 is 40.8 Å². The van der Waals surface area contributed by atoms with Gasteiger partial charge in [0, 0.05) is 22.6 Å². The molecule has 1 aliphatic rings. The Hall–Kier alpha value is -0.970. The Morgan fingerprint density at radius 3 is 2.83 bits per heavy atom. The molecule has 3 rings (SSSR count). The number of nitrogen functional groups attached to an aromatic ring is 1. The van der Waals surface area contributed by atoms with Gasteiger partial charge in [0.05, 0.1) is 15.7 Å². The zero-order valence-corrected chi connectivity index (χ0v) is 11.6. The molecule has 0 aliphatic carbocycles. The van der Waals surface area contributed by atoms with Crippen LogP contribution in [-0.4, -0.2) is 9.97 Å². The Bertz CT molecular complexity index is 631. The van der Waals surface area contributed by atoms with Crippen molar-refractivity contribution in [2.24, 2.45) is 0 Å². The lowest BCUT2D eigenvalue weighted by atomic mass is 10.2. The quantitative estimate of drug-likeness (QED) is 0.870. The van der Waals surface area contributed by atoms with Gasteiger partial charge in [0.15, 0.2) is 5.82 Å². The van der Waals surface area contributed by atoms with Gasteiger partial charge in [-0.3, -0.25) is 0 Å². The Balaban J connectivity index is 2.18. The minimum absolute atomic E-state index is 0.462. The van der Waals surface area contributed by atoms with E-state index in [9.17, 15) is 0 Å². The lowest BCUT2D eigenvalue weighted by Crippen LogP contribution is -2.03. The highest BCUT2D eigenvalue weighted by Gasteiger charge is 2.20. The maximum atomic E-state index is 6.17. The van der Waals surface area contributed by atoms with Crippen LogP contribution < -0.4 is 5.73 Å². The standard InChI is InChI=1S/C12H9Cl2N3S/c13-8-3-1-2-6(10(8)14)12-16-9-5-18-4-7(9)11(15)17-12/h1-3H,4-5H2,(H2,15,16,17). The van der Waals surface area contributed by atoms with Gasteiger partial charge in [0.1, 0.15) is 5.82 Å². The Labute approximate surface area is 119 Å². The third kappa shape index (κ3) is 1.94. The van der Waals surface area contributed by atoms with Crippen LogP contribution in [-0.2, 0) is 11.5 Å². The van der Waals surface area contributed by atoms with Crippen molar-refractivity contribution in [1.82, 2.24) is 9.97 Å². The summed E-state index contributed by atoms with van der Waals surface area (Å²) in [6.45, 7) is 0. The highest BCUT2D eigenvalue weighted by atomic mass is 35.5. The highest BCUT2D eigenvalue weighted by molar-refractivity contribution is 7.98. The monoisotopic (exact) mass is 297 g/mol. The number of thioether (sulfide) groups is 1. The first-order valence-electron chi connectivity index (χ1n) is 5.34. The topological polar surface area (TPSA) is 51.8 Å². The maximum Gasteiger partial charge on any atom is 0.163 e. The molecular weight excluding hydrogens is 289 g/mol. The number of halogens is 2. The van der Waals surface area contributed by atoms with Crippen LogP contribution in [0, 0.1) is 0 Å². The van der Waals surface area contributed by atoms with E-state index in [0.717, 1.165) is 28.3 Å². The first kappa shape index (κ1) is 12.1. The van der Waals surface area contributed by atoms with Crippen LogP contribution in [0.4, 0.5) is 5.82 Å². The molecule has 18 heavy (non-hydrogen) atoms. The van der Waals surface area contributed by atoms with Crippen molar-refractivity contribution in [2.45, 2.75) is 11.5 Å². The molecule has 1 aliphatic heterocycles. The van der Waals surface area contributed by atoms with Crippen LogP contribution in [0.3, 0.4) is 0 Å². The molecule has 0 saturated carbocycles. The minimum Gasteiger partial charge on any atom is -0.383 e. The molecule has 6 heteroatoms. The van der Waals surface area contributed by atoms with E-state index in [-0.39, 0.29) is 0 Å². The van der Waals surface area contributed by atoms with Gasteiger partial charge in [-0.25, -0.2) is 9.97 Å². The predicted molar refractivity (Wildman–Crippen MR) is 76.9 cm³/mol. The van der Waals surface area contributed by atoms with Gasteiger partial charge in [-0.1, -0.05) is 29.3 Å². The van der Waals surface area contributed by atoms with Crippen molar-refractivity contribution in [3.05, 3.63) is 39.5 Å². The van der Waals surface area contributed by atoms with E-state index in [4.69, 9.17) is 28.9 Å². The minimum atomic E-state index is 0.462. The van der Waals surface area contributed by atoms with E-state index in [0.29, 0.717) is 21.7 Å². The summed E-state index contributed by atoms with van der Waals surface area (Å²) in [4.78, 5) is 8.86. The Morgan fingerprint density at radius 1 is 1.17 bits per heavy atom. The number of hydrogen-bond acceptors (Lipinski definition) is 4. The molecule has 0 unspecified atom stereocenters. The number of benzene rings is 1. The molecule has 0 amide bonds. The number of anilines is 1. The smallest absolute Gasteiger partial charge is 0.163 e. The average molecular weight is 298 g/mol. The van der Waals surface area contributed by atoms with Crippen LogP contribution in [0.15, 0.2) is 18.2 Å². The fourth-order valence-electron chi connectivity index (χ4n) is 1.87. The number of aromatic nitrogens is 2. The number of hydrogen-bond donors (Lipinski definition) is 1. The molecule has 0 bridgehead atoms. The van der Waals surface area contributed by atoms with Crippen molar-refractivity contribution in [3.8, 4) is 11.4 Å². The lowest BCUT2D eigenvalue weighted by Gasteiger charge is -2.08. The van der Waals surface area contributed by atoms with Crippen molar-refractivity contribution in [3.63, 3.8) is 0 Å². The molecule has 0 radical (unpaired) electrons. The zero-order valence-electron chi connectivity index (χ0n) is 9.28. The van der Waals surface area contributed by atoms with Crippen LogP contribution in [0.2, 0.25) is 10.0 Å². The molecule has 1 aromatic carbocycles. The van der Waals surface area contributed by atoms with Crippen LogP contribution in [0.5, 0.6) is 0 Å². The first-order valence-corrected chi connectivity index (χ1v) is 7.25. The molecular formula is C12H9Cl2N3S. The van der Waals surface area contributed by atoms with Gasteiger partial charge in [-0.05, 0) is 12.1 Å². The summed E-state index contributed by atoms with van der Waals surface area (Å²) in [5, 5.41) is 0.954. The van der Waals surface area contributed by atoms with E-state index >= 15 is 0 Å². The van der Waals surface area contributed by atoms with E-state index in [1.54, 1.807) is 17.8 Å². The molecule has 0 fully saturated rings. The normalized spacial score (nSPS) is 13.7. The second kappa shape index (κ2) is 4.61.